The fourth-order valence-corrected chi connectivity index (χ4v) is 4.88. The summed E-state index contributed by atoms with van der Waals surface area (Å²) < 4.78 is 22.8. The largest absolute Gasteiger partial charge is 0.503 e. The molecular formula is C16H32O5Si. The van der Waals surface area contributed by atoms with Crippen LogP contribution in [0.15, 0.2) is 12.2 Å². The lowest BCUT2D eigenvalue weighted by molar-refractivity contribution is -0.161. The zero-order valence-electron chi connectivity index (χ0n) is 14.7. The monoisotopic (exact) mass is 332 g/mol. The van der Waals surface area contributed by atoms with Crippen molar-refractivity contribution in [1.82, 2.24) is 0 Å². The highest BCUT2D eigenvalue weighted by Gasteiger charge is 2.42. The number of allylic oxidation sites excluding steroid dienone is 1. The number of rotatable bonds is 13. The molecule has 0 heterocycles. The van der Waals surface area contributed by atoms with Crippen molar-refractivity contribution in [3.8, 4) is 0 Å². The molecule has 0 saturated carbocycles. The molecule has 0 N–H and O–H groups in total. The maximum absolute atomic E-state index is 11.5. The minimum atomic E-state index is -2.80. The van der Waals surface area contributed by atoms with Crippen LogP contribution < -0.4 is 0 Å². The van der Waals surface area contributed by atoms with Crippen molar-refractivity contribution in [3.63, 3.8) is 0 Å². The third-order valence-corrected chi connectivity index (χ3v) is 6.11. The lowest BCUT2D eigenvalue weighted by atomic mass is 10.2. The average Bonchev–Trinajstić information content (AvgIpc) is 2.44. The van der Waals surface area contributed by atoms with Gasteiger partial charge in [0.2, 0.25) is 0 Å². The summed E-state index contributed by atoms with van der Waals surface area (Å²) in [6, 6.07) is 0.750. The molecule has 1 unspecified atom stereocenters. The number of carbonyl (C=O) groups is 1. The van der Waals surface area contributed by atoms with Crippen LogP contribution in [0, 0.1) is 0 Å². The lowest BCUT2D eigenvalue weighted by Crippen LogP contribution is -2.48. The minimum absolute atomic E-state index is 0.420. The summed E-state index contributed by atoms with van der Waals surface area (Å²) in [6.45, 7) is 10.5. The molecule has 5 nitrogen and oxygen atoms in total. The van der Waals surface area contributed by atoms with E-state index in [9.17, 15) is 4.79 Å². The van der Waals surface area contributed by atoms with Crippen LogP contribution >= 0.6 is 0 Å². The average molecular weight is 333 g/mol. The Morgan fingerprint density at radius 2 is 1.73 bits per heavy atom. The molecule has 0 aliphatic rings. The second-order valence-corrected chi connectivity index (χ2v) is 7.66. The van der Waals surface area contributed by atoms with Gasteiger partial charge in [0.1, 0.15) is 0 Å². The van der Waals surface area contributed by atoms with Gasteiger partial charge in [-0.15, -0.1) is 0 Å². The smallest absolute Gasteiger partial charge is 0.434 e. The molecule has 0 fully saturated rings. The predicted molar refractivity (Wildman–Crippen MR) is 89.4 cm³/mol. The lowest BCUT2D eigenvalue weighted by Gasteiger charge is -2.31. The Labute approximate surface area is 136 Å². The molecule has 0 aliphatic carbocycles. The van der Waals surface area contributed by atoms with E-state index in [0.717, 1.165) is 18.9 Å². The van der Waals surface area contributed by atoms with E-state index in [1.807, 2.05) is 13.8 Å². The molecule has 1 atom stereocenters. The molecular weight excluding hydrogens is 300 g/mol. The highest BCUT2D eigenvalue weighted by molar-refractivity contribution is 6.60. The molecule has 0 saturated heterocycles. The first-order chi connectivity index (χ1) is 10.5. The Morgan fingerprint density at radius 3 is 2.23 bits per heavy atom. The molecule has 22 heavy (non-hydrogen) atoms. The molecule has 6 heteroatoms. The molecule has 0 amide bonds. The van der Waals surface area contributed by atoms with E-state index in [-0.39, 0.29) is 0 Å². The minimum Gasteiger partial charge on any atom is -0.434 e. The van der Waals surface area contributed by atoms with Crippen LogP contribution in [0.2, 0.25) is 6.04 Å². The number of ether oxygens (including phenoxy) is 1. The summed E-state index contributed by atoms with van der Waals surface area (Å²) in [4.78, 5) is 11.5. The number of carbonyl (C=O) groups excluding carboxylic acids is 1. The van der Waals surface area contributed by atoms with Crippen LogP contribution in [0.3, 0.4) is 0 Å². The molecule has 0 aliphatic heterocycles. The van der Waals surface area contributed by atoms with Crippen LogP contribution in [-0.4, -0.2) is 34.3 Å². The molecule has 0 radical (unpaired) electrons. The van der Waals surface area contributed by atoms with Gasteiger partial charge in [-0.05, 0) is 34.1 Å². The quantitative estimate of drug-likeness (QED) is 0.167. The van der Waals surface area contributed by atoms with Crippen LogP contribution in [0.1, 0.15) is 60.3 Å². The topological polar surface area (TPSA) is 54.0 Å². The highest BCUT2D eigenvalue weighted by Crippen LogP contribution is 2.22. The third kappa shape index (κ3) is 9.35. The van der Waals surface area contributed by atoms with Crippen molar-refractivity contribution in [2.75, 3.05) is 13.2 Å². The van der Waals surface area contributed by atoms with Gasteiger partial charge in [0, 0.05) is 25.3 Å². The van der Waals surface area contributed by atoms with Crippen molar-refractivity contribution >= 4 is 14.8 Å². The first-order valence-electron chi connectivity index (χ1n) is 8.32. The van der Waals surface area contributed by atoms with E-state index in [1.165, 1.54) is 18.9 Å². The Bertz CT molecular complexity index is 314. The Kier molecular flexibility index (Phi) is 12.4. The van der Waals surface area contributed by atoms with E-state index in [1.54, 1.807) is 19.9 Å². The first kappa shape index (κ1) is 21.3. The first-order valence-corrected chi connectivity index (χ1v) is 10.3. The predicted octanol–water partition coefficient (Wildman–Crippen LogP) is 4.06. The highest BCUT2D eigenvalue weighted by atomic mass is 28.4. The van der Waals surface area contributed by atoms with E-state index in [0.29, 0.717) is 13.2 Å². The molecule has 0 bridgehead atoms. The number of hydrogen-bond donors (Lipinski definition) is 0. The van der Waals surface area contributed by atoms with Gasteiger partial charge in [-0.2, -0.15) is 0 Å². The van der Waals surface area contributed by atoms with Gasteiger partial charge < -0.3 is 18.0 Å². The van der Waals surface area contributed by atoms with Gasteiger partial charge in [-0.3, -0.25) is 0 Å². The molecule has 0 spiro atoms. The Morgan fingerprint density at radius 1 is 1.09 bits per heavy atom. The van der Waals surface area contributed by atoms with E-state index < -0.39 is 21.1 Å². The van der Waals surface area contributed by atoms with Gasteiger partial charge in [0.15, 0.2) is 6.29 Å². The van der Waals surface area contributed by atoms with Gasteiger partial charge in [-0.25, -0.2) is 4.79 Å². The second-order valence-electron chi connectivity index (χ2n) is 4.98. The normalized spacial score (nSPS) is 13.5. The van der Waals surface area contributed by atoms with Crippen LogP contribution in [-0.2, 0) is 22.8 Å². The van der Waals surface area contributed by atoms with E-state index in [2.05, 4.69) is 6.92 Å². The summed E-state index contributed by atoms with van der Waals surface area (Å²) in [6.07, 6.45) is 6.81. The fourth-order valence-electron chi connectivity index (χ4n) is 2.14. The van der Waals surface area contributed by atoms with E-state index >= 15 is 0 Å². The summed E-state index contributed by atoms with van der Waals surface area (Å²) in [7, 11) is -2.80. The van der Waals surface area contributed by atoms with Gasteiger partial charge >= 0.3 is 14.8 Å². The van der Waals surface area contributed by atoms with Crippen molar-refractivity contribution in [2.45, 2.75) is 72.6 Å². The molecule has 0 rings (SSSR count). The van der Waals surface area contributed by atoms with Crippen molar-refractivity contribution in [3.05, 3.63) is 12.2 Å². The Hall–Kier alpha value is -0.693. The van der Waals surface area contributed by atoms with Crippen LogP contribution in [0.5, 0.6) is 0 Å². The van der Waals surface area contributed by atoms with E-state index in [4.69, 9.17) is 18.0 Å². The third-order valence-electron chi connectivity index (χ3n) is 3.00. The van der Waals surface area contributed by atoms with Gasteiger partial charge in [-0.1, -0.05) is 32.3 Å². The maximum atomic E-state index is 11.5. The molecule has 0 aromatic carbocycles. The summed E-state index contributed by atoms with van der Waals surface area (Å²) in [5.74, 6) is -0.420. The molecule has 0 aromatic rings. The van der Waals surface area contributed by atoms with Gasteiger partial charge in [0.05, 0.1) is 0 Å². The zero-order chi connectivity index (χ0) is 16.8. The van der Waals surface area contributed by atoms with Crippen LogP contribution in [0.4, 0.5) is 0 Å². The summed E-state index contributed by atoms with van der Waals surface area (Å²) in [5, 5.41) is 0. The second kappa shape index (κ2) is 12.8. The summed E-state index contributed by atoms with van der Waals surface area (Å²) in [5.41, 5.74) is 0. The SMILES string of the molecule is CC=CC(=O)OC(C)O[Si](CCCCCC)(OCC)OCC. The maximum Gasteiger partial charge on any atom is 0.503 e. The molecule has 130 valence electrons. The van der Waals surface area contributed by atoms with Crippen molar-refractivity contribution in [1.29, 1.82) is 0 Å². The zero-order valence-corrected chi connectivity index (χ0v) is 15.7. The number of hydrogen-bond acceptors (Lipinski definition) is 5. The standard InChI is InChI=1S/C16H32O5Si/c1-6-10-11-12-14-22(18-8-3,19-9-4)21-15(5)20-16(17)13-7-2/h7,13,15H,6,8-12,14H2,1-5H3. The number of esters is 1. The van der Waals surface area contributed by atoms with Gasteiger partial charge in [0.25, 0.3) is 0 Å². The fraction of sp³-hybridized carbons (Fsp3) is 0.812. The van der Waals surface area contributed by atoms with Crippen molar-refractivity contribution < 1.29 is 22.8 Å². The number of unbranched alkanes of at least 4 members (excludes halogenated alkanes) is 3. The van der Waals surface area contributed by atoms with Crippen molar-refractivity contribution in [2.24, 2.45) is 0 Å². The van der Waals surface area contributed by atoms with Crippen LogP contribution in [0.25, 0.3) is 0 Å². The Balaban J connectivity index is 4.68. The molecule has 0 aromatic heterocycles. The summed E-state index contributed by atoms with van der Waals surface area (Å²) >= 11 is 0.